The lowest BCUT2D eigenvalue weighted by atomic mass is 10.1. The summed E-state index contributed by atoms with van der Waals surface area (Å²) >= 11 is 0. The smallest absolute Gasteiger partial charge is 0.163 e. The van der Waals surface area contributed by atoms with Crippen molar-refractivity contribution >= 4 is 43.9 Å². The molecule has 3 heterocycles. The molecule has 0 unspecified atom stereocenters. The van der Waals surface area contributed by atoms with E-state index >= 15 is 0 Å². The summed E-state index contributed by atoms with van der Waals surface area (Å²) in [7, 11) is 0. The van der Waals surface area contributed by atoms with Gasteiger partial charge in [-0.2, -0.15) is 0 Å². The van der Waals surface area contributed by atoms with Crippen LogP contribution in [0, 0.1) is 0 Å². The van der Waals surface area contributed by atoms with Crippen molar-refractivity contribution in [3.8, 4) is 11.5 Å². The summed E-state index contributed by atoms with van der Waals surface area (Å²) in [6.45, 7) is 5.00. The van der Waals surface area contributed by atoms with Crippen molar-refractivity contribution in [1.82, 2.24) is 19.9 Å². The van der Waals surface area contributed by atoms with Gasteiger partial charge in [0.1, 0.15) is 0 Å². The van der Waals surface area contributed by atoms with E-state index in [-0.39, 0.29) is 0 Å². The van der Waals surface area contributed by atoms with Crippen molar-refractivity contribution < 1.29 is 9.47 Å². The molecule has 5 aromatic rings. The van der Waals surface area contributed by atoms with E-state index in [9.17, 15) is 0 Å². The normalized spacial score (nSPS) is 11.5. The first-order chi connectivity index (χ1) is 13.8. The molecule has 0 N–H and O–H groups in total. The van der Waals surface area contributed by atoms with Crippen molar-refractivity contribution in [1.29, 1.82) is 0 Å². The Kier molecular flexibility index (Phi) is 3.90. The highest BCUT2D eigenvalue weighted by molar-refractivity contribution is 6.21. The van der Waals surface area contributed by atoms with Gasteiger partial charge in [-0.05, 0) is 38.1 Å². The maximum Gasteiger partial charge on any atom is 0.163 e. The molecule has 0 fully saturated rings. The van der Waals surface area contributed by atoms with Crippen LogP contribution in [0.2, 0.25) is 0 Å². The first-order valence-corrected chi connectivity index (χ1v) is 9.32. The standard InChI is InChI=1S/C22H18N4O2/c1-3-27-17-11-15-16(12-18(17)28-4-2)26-22-14-8-6-10-24-20(14)19-13(21(22)25-15)7-5-9-23-19/h5-12H,3-4H2,1-2H3. The third-order valence-electron chi connectivity index (χ3n) is 4.68. The Labute approximate surface area is 161 Å². The van der Waals surface area contributed by atoms with Gasteiger partial charge in [0.15, 0.2) is 11.5 Å². The SMILES string of the molecule is CCOc1cc2nc3c4cccnc4c4ncccc4c3nc2cc1OCC. The molecule has 0 bridgehead atoms. The molecular formula is C22H18N4O2. The highest BCUT2D eigenvalue weighted by atomic mass is 16.5. The average Bonchev–Trinajstić information content (AvgIpc) is 2.74. The maximum atomic E-state index is 5.75. The summed E-state index contributed by atoms with van der Waals surface area (Å²) < 4.78 is 11.5. The Bertz CT molecular complexity index is 1250. The van der Waals surface area contributed by atoms with Crippen LogP contribution in [0.3, 0.4) is 0 Å². The second-order valence-electron chi connectivity index (χ2n) is 6.37. The molecule has 3 aromatic heterocycles. The van der Waals surface area contributed by atoms with Crippen molar-refractivity contribution in [3.05, 3.63) is 48.8 Å². The number of pyridine rings is 2. The Morgan fingerprint density at radius 3 is 1.57 bits per heavy atom. The second-order valence-corrected chi connectivity index (χ2v) is 6.37. The number of hydrogen-bond acceptors (Lipinski definition) is 6. The van der Waals surface area contributed by atoms with Crippen LogP contribution in [0.5, 0.6) is 11.5 Å². The van der Waals surface area contributed by atoms with Crippen LogP contribution in [0.15, 0.2) is 48.8 Å². The number of benzene rings is 2. The van der Waals surface area contributed by atoms with Gasteiger partial charge in [0.05, 0.1) is 46.3 Å². The Balaban J connectivity index is 1.94. The van der Waals surface area contributed by atoms with Crippen LogP contribution in [0.1, 0.15) is 13.8 Å². The molecule has 0 aliphatic rings. The largest absolute Gasteiger partial charge is 0.490 e. The summed E-state index contributed by atoms with van der Waals surface area (Å²) in [4.78, 5) is 19.0. The molecule has 2 aromatic carbocycles. The van der Waals surface area contributed by atoms with E-state index < -0.39 is 0 Å². The summed E-state index contributed by atoms with van der Waals surface area (Å²) in [5.41, 5.74) is 4.79. The topological polar surface area (TPSA) is 70.0 Å². The van der Waals surface area contributed by atoms with E-state index in [0.717, 1.165) is 43.9 Å². The first-order valence-electron chi connectivity index (χ1n) is 9.32. The zero-order chi connectivity index (χ0) is 19.1. The molecule has 6 nitrogen and oxygen atoms in total. The van der Waals surface area contributed by atoms with Crippen molar-refractivity contribution in [2.24, 2.45) is 0 Å². The molecule has 28 heavy (non-hydrogen) atoms. The molecule has 0 aliphatic heterocycles. The molecule has 138 valence electrons. The molecule has 6 heteroatoms. The molecule has 5 rings (SSSR count). The van der Waals surface area contributed by atoms with Gasteiger partial charge in [0, 0.05) is 35.3 Å². The van der Waals surface area contributed by atoms with E-state index in [2.05, 4.69) is 9.97 Å². The monoisotopic (exact) mass is 370 g/mol. The Morgan fingerprint density at radius 1 is 0.679 bits per heavy atom. The third kappa shape index (κ3) is 2.49. The van der Waals surface area contributed by atoms with Gasteiger partial charge < -0.3 is 9.47 Å². The fourth-order valence-corrected chi connectivity index (χ4v) is 3.55. The van der Waals surface area contributed by atoms with Gasteiger partial charge in [-0.1, -0.05) is 0 Å². The van der Waals surface area contributed by atoms with Crippen LogP contribution >= 0.6 is 0 Å². The number of aromatic nitrogens is 4. The van der Waals surface area contributed by atoms with Crippen molar-refractivity contribution in [3.63, 3.8) is 0 Å². The van der Waals surface area contributed by atoms with Crippen LogP contribution in [0.25, 0.3) is 43.9 Å². The molecule has 0 radical (unpaired) electrons. The molecule has 0 aliphatic carbocycles. The van der Waals surface area contributed by atoms with Crippen LogP contribution < -0.4 is 9.47 Å². The Morgan fingerprint density at radius 2 is 1.14 bits per heavy atom. The third-order valence-corrected chi connectivity index (χ3v) is 4.68. The van der Waals surface area contributed by atoms with E-state index in [1.807, 2.05) is 50.2 Å². The van der Waals surface area contributed by atoms with E-state index in [0.29, 0.717) is 24.7 Å². The van der Waals surface area contributed by atoms with E-state index in [1.54, 1.807) is 12.4 Å². The molecule has 0 saturated heterocycles. The quantitative estimate of drug-likeness (QED) is 0.338. The van der Waals surface area contributed by atoms with Crippen molar-refractivity contribution in [2.45, 2.75) is 13.8 Å². The van der Waals surface area contributed by atoms with E-state index in [4.69, 9.17) is 19.4 Å². The van der Waals surface area contributed by atoms with Gasteiger partial charge in [0.2, 0.25) is 0 Å². The molecular weight excluding hydrogens is 352 g/mol. The zero-order valence-electron chi connectivity index (χ0n) is 15.6. The molecule has 0 spiro atoms. The lowest BCUT2D eigenvalue weighted by Gasteiger charge is -2.13. The van der Waals surface area contributed by atoms with Gasteiger partial charge >= 0.3 is 0 Å². The first kappa shape index (κ1) is 16.6. The minimum absolute atomic E-state index is 0.551. The van der Waals surface area contributed by atoms with Crippen LogP contribution in [0.4, 0.5) is 0 Å². The number of rotatable bonds is 4. The fourth-order valence-electron chi connectivity index (χ4n) is 3.55. The number of ether oxygens (including phenoxy) is 2. The molecule has 0 saturated carbocycles. The fraction of sp³-hybridized carbons (Fsp3) is 0.182. The molecule has 0 amide bonds. The average molecular weight is 370 g/mol. The number of hydrogen-bond donors (Lipinski definition) is 0. The summed E-state index contributed by atoms with van der Waals surface area (Å²) in [6.07, 6.45) is 3.55. The summed E-state index contributed by atoms with van der Waals surface area (Å²) in [5, 5.41) is 1.87. The van der Waals surface area contributed by atoms with Crippen LogP contribution in [-0.2, 0) is 0 Å². The summed E-state index contributed by atoms with van der Waals surface area (Å²) in [6, 6.07) is 11.6. The van der Waals surface area contributed by atoms with Crippen molar-refractivity contribution in [2.75, 3.05) is 13.2 Å². The minimum atomic E-state index is 0.551. The number of fused-ring (bicyclic) bond motifs is 7. The lowest BCUT2D eigenvalue weighted by molar-refractivity contribution is 0.288. The highest BCUT2D eigenvalue weighted by Gasteiger charge is 2.15. The van der Waals surface area contributed by atoms with Gasteiger partial charge in [-0.15, -0.1) is 0 Å². The lowest BCUT2D eigenvalue weighted by Crippen LogP contribution is -2.00. The molecule has 0 atom stereocenters. The zero-order valence-corrected chi connectivity index (χ0v) is 15.6. The maximum absolute atomic E-state index is 5.75. The van der Waals surface area contributed by atoms with Gasteiger partial charge in [0.25, 0.3) is 0 Å². The predicted octanol–water partition coefficient (Wildman–Crippen LogP) is 4.68. The summed E-state index contributed by atoms with van der Waals surface area (Å²) in [5.74, 6) is 1.35. The predicted molar refractivity (Wildman–Crippen MR) is 110 cm³/mol. The highest BCUT2D eigenvalue weighted by Crippen LogP contribution is 2.35. The van der Waals surface area contributed by atoms with E-state index in [1.165, 1.54) is 0 Å². The second kappa shape index (κ2) is 6.56. The minimum Gasteiger partial charge on any atom is -0.490 e. The van der Waals surface area contributed by atoms with Crippen LogP contribution in [-0.4, -0.2) is 33.1 Å². The Hall–Kier alpha value is -3.54. The van der Waals surface area contributed by atoms with Gasteiger partial charge in [-0.25, -0.2) is 9.97 Å². The number of nitrogens with zero attached hydrogens (tertiary/aromatic N) is 4. The van der Waals surface area contributed by atoms with Gasteiger partial charge in [-0.3, -0.25) is 9.97 Å².